The Hall–Kier alpha value is -4.01. The number of benzene rings is 2. The molecule has 208 valence electrons. The summed E-state index contributed by atoms with van der Waals surface area (Å²) in [5, 5.41) is 12.4. The van der Waals surface area contributed by atoms with Gasteiger partial charge in [0, 0.05) is 12.3 Å². The first-order valence-electron chi connectivity index (χ1n) is 13.3. The van der Waals surface area contributed by atoms with Gasteiger partial charge in [-0.15, -0.1) is 0 Å². The normalized spacial score (nSPS) is 13.7. The van der Waals surface area contributed by atoms with E-state index in [1.807, 2.05) is 62.4 Å². The maximum Gasteiger partial charge on any atom is 0.407 e. The minimum atomic E-state index is -1.09. The van der Waals surface area contributed by atoms with Crippen LogP contribution in [0.4, 0.5) is 4.79 Å². The lowest BCUT2D eigenvalue weighted by molar-refractivity contribution is -0.151. The molecule has 0 aromatic heterocycles. The van der Waals surface area contributed by atoms with Gasteiger partial charge in [-0.25, -0.2) is 9.59 Å². The van der Waals surface area contributed by atoms with Gasteiger partial charge in [0.2, 0.25) is 5.91 Å². The average Bonchev–Trinajstić information content (AvgIpc) is 3.22. The largest absolute Gasteiger partial charge is 0.461 e. The molecule has 2 amide bonds. The average molecular weight is 536 g/mol. The van der Waals surface area contributed by atoms with Crippen molar-refractivity contribution in [2.45, 2.75) is 71.1 Å². The minimum Gasteiger partial charge on any atom is -0.461 e. The molecule has 1 aliphatic rings. The number of carbonyl (C=O) groups is 4. The van der Waals surface area contributed by atoms with E-state index in [9.17, 15) is 19.2 Å². The highest BCUT2D eigenvalue weighted by Crippen LogP contribution is 2.44. The lowest BCUT2D eigenvalue weighted by atomic mass is 9.98. The van der Waals surface area contributed by atoms with Crippen LogP contribution in [-0.4, -0.2) is 54.8 Å². The van der Waals surface area contributed by atoms with Gasteiger partial charge in [-0.3, -0.25) is 9.59 Å². The third-order valence-corrected chi connectivity index (χ3v) is 6.45. The third-order valence-electron chi connectivity index (χ3n) is 6.45. The van der Waals surface area contributed by atoms with E-state index < -0.39 is 41.9 Å². The first kappa shape index (κ1) is 29.5. The monoisotopic (exact) mass is 535 g/mol. The first-order valence-corrected chi connectivity index (χ1v) is 13.3. The number of esters is 1. The Morgan fingerprint density at radius 1 is 0.897 bits per heavy atom. The second-order valence-electron chi connectivity index (χ2n) is 10.3. The predicted octanol–water partition coefficient (Wildman–Crippen LogP) is 4.38. The Morgan fingerprint density at radius 3 is 2.03 bits per heavy atom. The number of nitrogens with one attached hydrogen (secondary N) is 3. The molecular formula is C30H37N3O6. The van der Waals surface area contributed by atoms with E-state index in [1.165, 1.54) is 0 Å². The van der Waals surface area contributed by atoms with Gasteiger partial charge in [-0.05, 0) is 54.9 Å². The maximum absolute atomic E-state index is 13.2. The molecule has 0 aliphatic heterocycles. The van der Waals surface area contributed by atoms with Crippen LogP contribution in [0.3, 0.4) is 0 Å². The number of hydrogen-bond donors (Lipinski definition) is 3. The standard InChI is InChI=1S/C30H37N3O6/c1-18(2)15-27(28(35)32-26(14-13-20(34)16-31)29(36)39-19(3)4)33-30(37)38-17-25-23-11-7-5-9-21(23)22-10-6-8-12-24(22)25/h5-12,16,18-19,25-27,31H,13-15,17H2,1-4H3,(H,32,35)(H,33,37). The summed E-state index contributed by atoms with van der Waals surface area (Å²) in [6.07, 6.45) is -0.297. The van der Waals surface area contributed by atoms with E-state index in [-0.39, 0.29) is 31.3 Å². The summed E-state index contributed by atoms with van der Waals surface area (Å²) in [7, 11) is 0. The predicted molar refractivity (Wildman–Crippen MR) is 148 cm³/mol. The van der Waals surface area contributed by atoms with Crippen molar-refractivity contribution in [3.05, 3.63) is 59.7 Å². The molecule has 0 spiro atoms. The van der Waals surface area contributed by atoms with Crippen LogP contribution in [-0.2, 0) is 23.9 Å². The van der Waals surface area contributed by atoms with Crippen molar-refractivity contribution < 1.29 is 28.7 Å². The summed E-state index contributed by atoms with van der Waals surface area (Å²) < 4.78 is 10.8. The fraction of sp³-hybridized carbons (Fsp3) is 0.433. The molecule has 0 radical (unpaired) electrons. The lowest BCUT2D eigenvalue weighted by Gasteiger charge is -2.24. The van der Waals surface area contributed by atoms with Crippen LogP contribution in [0, 0.1) is 11.3 Å². The molecule has 0 bridgehead atoms. The molecule has 0 fully saturated rings. The summed E-state index contributed by atoms with van der Waals surface area (Å²) >= 11 is 0. The van der Waals surface area contributed by atoms with Crippen molar-refractivity contribution in [2.24, 2.45) is 5.92 Å². The summed E-state index contributed by atoms with van der Waals surface area (Å²) in [5.74, 6) is -1.80. The number of ether oxygens (including phenoxy) is 2. The van der Waals surface area contributed by atoms with Gasteiger partial charge in [0.1, 0.15) is 18.7 Å². The number of Topliss-reactive ketones (excluding diaryl/α,β-unsaturated/α-hetero) is 1. The van der Waals surface area contributed by atoms with Crippen LogP contribution >= 0.6 is 0 Å². The zero-order valence-corrected chi connectivity index (χ0v) is 22.9. The maximum atomic E-state index is 13.2. The number of carbonyl (C=O) groups excluding carboxylic acids is 4. The number of amides is 2. The third kappa shape index (κ3) is 7.99. The number of hydrogen-bond acceptors (Lipinski definition) is 7. The molecule has 9 heteroatoms. The fourth-order valence-electron chi connectivity index (χ4n) is 4.68. The molecule has 0 heterocycles. The zero-order chi connectivity index (χ0) is 28.5. The fourth-order valence-corrected chi connectivity index (χ4v) is 4.68. The van der Waals surface area contributed by atoms with Crippen molar-refractivity contribution in [3.63, 3.8) is 0 Å². The van der Waals surface area contributed by atoms with E-state index in [0.29, 0.717) is 12.6 Å². The highest BCUT2D eigenvalue weighted by atomic mass is 16.6. The van der Waals surface area contributed by atoms with Crippen molar-refractivity contribution in [1.29, 1.82) is 5.41 Å². The second-order valence-corrected chi connectivity index (χ2v) is 10.3. The molecule has 3 N–H and O–H groups in total. The molecule has 0 saturated carbocycles. The highest BCUT2D eigenvalue weighted by Gasteiger charge is 2.31. The van der Waals surface area contributed by atoms with Crippen molar-refractivity contribution in [1.82, 2.24) is 10.6 Å². The Labute approximate surface area is 229 Å². The van der Waals surface area contributed by atoms with Crippen LogP contribution in [0.2, 0.25) is 0 Å². The molecule has 2 unspecified atom stereocenters. The van der Waals surface area contributed by atoms with Gasteiger partial charge in [0.15, 0.2) is 5.78 Å². The number of rotatable bonds is 13. The van der Waals surface area contributed by atoms with E-state index in [0.717, 1.165) is 22.3 Å². The molecule has 0 saturated heterocycles. The summed E-state index contributed by atoms with van der Waals surface area (Å²) in [4.78, 5) is 50.3. The quantitative estimate of drug-likeness (QED) is 0.257. The number of alkyl carbamates (subject to hydrolysis) is 1. The smallest absolute Gasteiger partial charge is 0.407 e. The summed E-state index contributed by atoms with van der Waals surface area (Å²) in [5.41, 5.74) is 4.38. The van der Waals surface area contributed by atoms with Gasteiger partial charge < -0.3 is 25.5 Å². The van der Waals surface area contributed by atoms with Gasteiger partial charge in [-0.2, -0.15) is 0 Å². The minimum absolute atomic E-state index is 0.0230. The molecule has 3 rings (SSSR count). The van der Waals surface area contributed by atoms with Crippen LogP contribution in [0.1, 0.15) is 64.0 Å². The Kier molecular flexibility index (Phi) is 10.4. The molecule has 1 aliphatic carbocycles. The van der Waals surface area contributed by atoms with Crippen LogP contribution in [0.25, 0.3) is 11.1 Å². The van der Waals surface area contributed by atoms with Crippen molar-refractivity contribution >= 4 is 30.0 Å². The van der Waals surface area contributed by atoms with Crippen LogP contribution in [0.5, 0.6) is 0 Å². The topological polar surface area (TPSA) is 135 Å². The van der Waals surface area contributed by atoms with Crippen LogP contribution < -0.4 is 10.6 Å². The van der Waals surface area contributed by atoms with Gasteiger partial charge in [0.05, 0.1) is 12.3 Å². The van der Waals surface area contributed by atoms with Gasteiger partial charge in [-0.1, -0.05) is 62.4 Å². The van der Waals surface area contributed by atoms with E-state index >= 15 is 0 Å². The molecule has 2 atom stereocenters. The molecular weight excluding hydrogens is 498 g/mol. The Bertz CT molecular complexity index is 1160. The summed E-state index contributed by atoms with van der Waals surface area (Å²) in [6.45, 7) is 7.28. The van der Waals surface area contributed by atoms with E-state index in [2.05, 4.69) is 10.6 Å². The lowest BCUT2D eigenvalue weighted by Crippen LogP contribution is -2.52. The molecule has 2 aromatic carbocycles. The Morgan fingerprint density at radius 2 is 1.49 bits per heavy atom. The zero-order valence-electron chi connectivity index (χ0n) is 22.9. The first-order chi connectivity index (χ1) is 18.6. The van der Waals surface area contributed by atoms with E-state index in [4.69, 9.17) is 14.9 Å². The van der Waals surface area contributed by atoms with Crippen molar-refractivity contribution in [2.75, 3.05) is 6.61 Å². The molecule has 2 aromatic rings. The van der Waals surface area contributed by atoms with E-state index in [1.54, 1.807) is 13.8 Å². The Balaban J connectivity index is 1.67. The molecule has 9 nitrogen and oxygen atoms in total. The molecule has 39 heavy (non-hydrogen) atoms. The van der Waals surface area contributed by atoms with Gasteiger partial charge in [0.25, 0.3) is 0 Å². The SMILES string of the molecule is CC(C)CC(NC(=O)OCC1c2ccccc2-c2ccccc21)C(=O)NC(CCC(=O)C=N)C(=O)OC(C)C. The van der Waals surface area contributed by atoms with Gasteiger partial charge >= 0.3 is 12.1 Å². The second kappa shape index (κ2) is 13.7. The summed E-state index contributed by atoms with van der Waals surface area (Å²) in [6, 6.07) is 14.0. The highest BCUT2D eigenvalue weighted by molar-refractivity contribution is 6.26. The van der Waals surface area contributed by atoms with Crippen LogP contribution in [0.15, 0.2) is 48.5 Å². The number of ketones is 1. The number of fused-ring (bicyclic) bond motifs is 3. The van der Waals surface area contributed by atoms with Crippen molar-refractivity contribution in [3.8, 4) is 11.1 Å².